The van der Waals surface area contributed by atoms with Gasteiger partial charge in [-0.3, -0.25) is 0 Å². The third kappa shape index (κ3) is 11.9. The first-order valence-electron chi connectivity index (χ1n) is 13.4. The predicted octanol–water partition coefficient (Wildman–Crippen LogP) is 5.01. The third-order valence-corrected chi connectivity index (χ3v) is 6.67. The van der Waals surface area contributed by atoms with Crippen molar-refractivity contribution in [1.29, 1.82) is 0 Å². The van der Waals surface area contributed by atoms with Crippen LogP contribution in [-0.4, -0.2) is 85.5 Å². The van der Waals surface area contributed by atoms with Crippen molar-refractivity contribution in [3.05, 3.63) is 35.5 Å². The van der Waals surface area contributed by atoms with Crippen LogP contribution >= 0.6 is 12.4 Å². The summed E-state index contributed by atoms with van der Waals surface area (Å²) in [4.78, 5) is 2.08. The molecule has 2 fully saturated rings. The summed E-state index contributed by atoms with van der Waals surface area (Å²) < 4.78 is 23.0. The van der Waals surface area contributed by atoms with Gasteiger partial charge >= 0.3 is 0 Å². The van der Waals surface area contributed by atoms with Gasteiger partial charge in [0, 0.05) is 6.61 Å². The number of aliphatic hydroxyl groups excluding tert-OH is 2. The molecule has 0 spiro atoms. The van der Waals surface area contributed by atoms with Gasteiger partial charge in [0.05, 0.1) is 6.61 Å². The molecule has 0 aromatic heterocycles. The summed E-state index contributed by atoms with van der Waals surface area (Å²) in [6.07, 6.45) is 12.0. The van der Waals surface area contributed by atoms with Gasteiger partial charge in [0.15, 0.2) is 12.1 Å². The quantitative estimate of drug-likeness (QED) is 0.344. The molecule has 0 saturated carbocycles. The molecule has 37 heavy (non-hydrogen) atoms. The van der Waals surface area contributed by atoms with E-state index >= 15 is 0 Å². The lowest BCUT2D eigenvalue weighted by molar-refractivity contribution is -0.231. The van der Waals surface area contributed by atoms with Gasteiger partial charge in [-0.05, 0) is 85.9 Å². The number of hydrogen-bond donors (Lipinski definition) is 2. The van der Waals surface area contributed by atoms with Crippen molar-refractivity contribution in [2.24, 2.45) is 5.41 Å². The molecule has 5 unspecified atom stereocenters. The van der Waals surface area contributed by atoms with Crippen molar-refractivity contribution in [3.63, 3.8) is 0 Å². The lowest BCUT2D eigenvalue weighted by Gasteiger charge is -2.28. The minimum atomic E-state index is -1.01. The Balaban J connectivity index is 0.000000381. The molecule has 0 bridgehead atoms. The average molecular weight is 546 g/mol. The highest BCUT2D eigenvalue weighted by Crippen LogP contribution is 2.39. The second-order valence-electron chi connectivity index (χ2n) is 11.8. The second kappa shape index (κ2) is 15.7. The van der Waals surface area contributed by atoms with Crippen LogP contribution < -0.4 is 0 Å². The van der Waals surface area contributed by atoms with Crippen molar-refractivity contribution < 1.29 is 29.2 Å². The molecule has 0 aromatic rings. The van der Waals surface area contributed by atoms with Gasteiger partial charge in [0.1, 0.15) is 24.4 Å². The SMILES string of the molecule is CC1=CCCC(C)=CCC(C)(C)C=CC1.CN(C)CCCOC1C(C(O)CO)OC2OC(C)(C)OC21.Cl. The maximum atomic E-state index is 9.88. The highest BCUT2D eigenvalue weighted by atomic mass is 35.5. The third-order valence-electron chi connectivity index (χ3n) is 6.67. The highest BCUT2D eigenvalue weighted by Gasteiger charge is 2.56. The van der Waals surface area contributed by atoms with Gasteiger partial charge < -0.3 is 34.1 Å². The summed E-state index contributed by atoms with van der Waals surface area (Å²) in [7, 11) is 4.01. The predicted molar refractivity (Wildman–Crippen MR) is 151 cm³/mol. The normalized spacial score (nSPS) is 29.7. The maximum absolute atomic E-state index is 9.88. The van der Waals surface area contributed by atoms with Crippen molar-refractivity contribution in [3.8, 4) is 0 Å². The minimum Gasteiger partial charge on any atom is -0.394 e. The van der Waals surface area contributed by atoms with Crippen LogP contribution in [0.15, 0.2) is 35.5 Å². The van der Waals surface area contributed by atoms with E-state index < -0.39 is 30.4 Å². The summed E-state index contributed by atoms with van der Waals surface area (Å²) in [6, 6.07) is 0. The number of rotatable bonds is 7. The lowest BCUT2D eigenvalue weighted by Crippen LogP contribution is -2.44. The first-order chi connectivity index (χ1) is 16.8. The fourth-order valence-electron chi connectivity index (χ4n) is 4.51. The van der Waals surface area contributed by atoms with Crippen LogP contribution in [0.3, 0.4) is 0 Å². The first kappa shape index (κ1) is 34.3. The monoisotopic (exact) mass is 545 g/mol. The molecular formula is C29H52ClNO6. The molecule has 5 atom stereocenters. The number of fused-ring (bicyclic) bond motifs is 1. The van der Waals surface area contributed by atoms with Crippen LogP contribution in [0.5, 0.6) is 0 Å². The summed E-state index contributed by atoms with van der Waals surface area (Å²) >= 11 is 0. The van der Waals surface area contributed by atoms with E-state index in [0.29, 0.717) is 12.0 Å². The summed E-state index contributed by atoms with van der Waals surface area (Å²) in [6.45, 7) is 13.8. The van der Waals surface area contributed by atoms with Crippen LogP contribution in [0.25, 0.3) is 0 Å². The van der Waals surface area contributed by atoms with Crippen LogP contribution in [-0.2, 0) is 18.9 Å². The molecule has 3 rings (SSSR count). The smallest absolute Gasteiger partial charge is 0.190 e. The van der Waals surface area contributed by atoms with Crippen molar-refractivity contribution in [1.82, 2.24) is 4.90 Å². The average Bonchev–Trinajstić information content (AvgIpc) is 3.25. The van der Waals surface area contributed by atoms with Crippen molar-refractivity contribution >= 4 is 12.4 Å². The van der Waals surface area contributed by atoms with Crippen molar-refractivity contribution in [2.45, 2.75) is 110 Å². The molecule has 2 N–H and O–H groups in total. The molecule has 2 heterocycles. The van der Waals surface area contributed by atoms with Gasteiger partial charge in [0.2, 0.25) is 0 Å². The zero-order chi connectivity index (χ0) is 26.9. The minimum absolute atomic E-state index is 0. The maximum Gasteiger partial charge on any atom is 0.190 e. The van der Waals surface area contributed by atoms with E-state index in [2.05, 4.69) is 56.9 Å². The number of aliphatic hydroxyl groups is 2. The molecule has 216 valence electrons. The molecule has 1 aliphatic carbocycles. The van der Waals surface area contributed by atoms with Gasteiger partial charge in [-0.15, -0.1) is 12.4 Å². The van der Waals surface area contributed by atoms with Crippen LogP contribution in [0, 0.1) is 5.41 Å². The standard InChI is InChI=1S/C15H24.C14H27NO6.ClH/c1-13-7-5-8-14(2)10-12-15(3,4)11-6-9-13;1-14(2)20-12-11(18-7-5-6-15(3)4)10(9(17)8-16)19-13(12)21-14;/h6-7,10-11H,5,8-9,12H2,1-4H3;9-13,16-17H,5-8H2,1-4H3;1H. The molecule has 2 aliphatic heterocycles. The van der Waals surface area contributed by atoms with Crippen LogP contribution in [0.1, 0.15) is 73.6 Å². The lowest BCUT2D eigenvalue weighted by atomic mass is 9.87. The largest absolute Gasteiger partial charge is 0.394 e. The Morgan fingerprint density at radius 3 is 2.46 bits per heavy atom. The molecule has 0 radical (unpaired) electrons. The van der Waals surface area contributed by atoms with E-state index in [1.807, 2.05) is 27.9 Å². The Morgan fingerprint density at radius 1 is 1.11 bits per heavy atom. The van der Waals surface area contributed by atoms with Crippen LogP contribution in [0.2, 0.25) is 0 Å². The summed E-state index contributed by atoms with van der Waals surface area (Å²) in [5.41, 5.74) is 3.34. The van der Waals surface area contributed by atoms with Crippen LogP contribution in [0.4, 0.5) is 0 Å². The number of allylic oxidation sites excluding steroid dienone is 6. The zero-order valence-electron chi connectivity index (χ0n) is 24.2. The van der Waals surface area contributed by atoms with E-state index in [1.165, 1.54) is 24.0 Å². The number of halogens is 1. The van der Waals surface area contributed by atoms with Gasteiger partial charge in [-0.2, -0.15) is 0 Å². The molecule has 7 nitrogen and oxygen atoms in total. The summed E-state index contributed by atoms with van der Waals surface area (Å²) in [5, 5.41) is 19.0. The fourth-order valence-corrected chi connectivity index (χ4v) is 4.51. The Kier molecular flexibility index (Phi) is 14.6. The number of ether oxygens (including phenoxy) is 4. The van der Waals surface area contributed by atoms with Gasteiger partial charge in [0.25, 0.3) is 0 Å². The van der Waals surface area contributed by atoms with Gasteiger partial charge in [-0.25, -0.2) is 0 Å². The van der Waals surface area contributed by atoms with E-state index in [-0.39, 0.29) is 25.1 Å². The Bertz CT molecular complexity index is 763. The van der Waals surface area contributed by atoms with E-state index in [1.54, 1.807) is 0 Å². The first-order valence-corrected chi connectivity index (χ1v) is 13.4. The topological polar surface area (TPSA) is 80.6 Å². The zero-order valence-corrected chi connectivity index (χ0v) is 25.1. The molecule has 3 aliphatic rings. The second-order valence-corrected chi connectivity index (χ2v) is 11.8. The Hall–Kier alpha value is -0.770. The molecule has 0 aromatic carbocycles. The Morgan fingerprint density at radius 2 is 1.81 bits per heavy atom. The molecule has 8 heteroatoms. The molecule has 0 amide bonds. The molecule has 2 saturated heterocycles. The van der Waals surface area contributed by atoms with Crippen molar-refractivity contribution in [2.75, 3.05) is 33.9 Å². The van der Waals surface area contributed by atoms with E-state index in [0.717, 1.165) is 25.8 Å². The number of hydrogen-bond acceptors (Lipinski definition) is 7. The molecular weight excluding hydrogens is 494 g/mol. The van der Waals surface area contributed by atoms with E-state index in [9.17, 15) is 5.11 Å². The van der Waals surface area contributed by atoms with Gasteiger partial charge in [-0.1, -0.05) is 49.3 Å². The Labute approximate surface area is 231 Å². The van der Waals surface area contributed by atoms with E-state index in [4.69, 9.17) is 24.1 Å². The number of nitrogens with zero attached hydrogens (tertiary/aromatic N) is 1. The summed E-state index contributed by atoms with van der Waals surface area (Å²) in [5.74, 6) is -0.726. The fraction of sp³-hybridized carbons (Fsp3) is 0.793. The highest BCUT2D eigenvalue weighted by molar-refractivity contribution is 5.85.